The van der Waals surface area contributed by atoms with Crippen LogP contribution < -0.4 is 5.56 Å². The minimum Gasteiger partial charge on any atom is -0.394 e. The van der Waals surface area contributed by atoms with Crippen molar-refractivity contribution < 1.29 is 14.9 Å². The molecule has 0 saturated carbocycles. The Morgan fingerprint density at radius 1 is 1.68 bits per heavy atom. The first kappa shape index (κ1) is 14.4. The number of nitrogens with zero attached hydrogens (tertiary/aromatic N) is 1. The van der Waals surface area contributed by atoms with Crippen LogP contribution in [0.5, 0.6) is 0 Å². The maximum absolute atomic E-state index is 11.5. The second-order valence-electron chi connectivity index (χ2n) is 4.85. The smallest absolute Gasteiger partial charge is 0.254 e. The molecule has 106 valence electrons. The molecule has 3 atom stereocenters. The van der Waals surface area contributed by atoms with Crippen molar-refractivity contribution in [1.29, 1.82) is 0 Å². The molecular formula is C12H18N2O4S. The average Bonchev–Trinajstić information content (AvgIpc) is 2.71. The predicted octanol–water partition coefficient (Wildman–Crippen LogP) is 0.419. The fourth-order valence-electron chi connectivity index (χ4n) is 2.45. The second kappa shape index (κ2) is 5.16. The third-order valence-electron chi connectivity index (χ3n) is 3.62. The largest absolute Gasteiger partial charge is 0.394 e. The van der Waals surface area contributed by atoms with Crippen molar-refractivity contribution >= 4 is 12.2 Å². The van der Waals surface area contributed by atoms with Crippen molar-refractivity contribution in [1.82, 2.24) is 9.55 Å². The first-order valence-corrected chi connectivity index (χ1v) is 6.64. The highest BCUT2D eigenvalue weighted by Crippen LogP contribution is 2.37. The summed E-state index contributed by atoms with van der Waals surface area (Å²) in [5.74, 6) is 0. The van der Waals surface area contributed by atoms with Crippen LogP contribution in [0.4, 0.5) is 0 Å². The Morgan fingerprint density at radius 3 is 2.89 bits per heavy atom. The highest BCUT2D eigenvalue weighted by atomic mass is 32.1. The van der Waals surface area contributed by atoms with Crippen LogP contribution in [0, 0.1) is 11.7 Å². The molecule has 0 unspecified atom stereocenters. The second-order valence-corrected chi connectivity index (χ2v) is 5.24. The number of aromatic nitrogens is 2. The van der Waals surface area contributed by atoms with E-state index in [0.29, 0.717) is 18.4 Å². The normalized spacial score (nSPS) is 30.7. The van der Waals surface area contributed by atoms with Crippen molar-refractivity contribution in [3.63, 3.8) is 0 Å². The van der Waals surface area contributed by atoms with E-state index >= 15 is 0 Å². The van der Waals surface area contributed by atoms with Crippen LogP contribution in [-0.2, 0) is 10.5 Å². The van der Waals surface area contributed by atoms with Gasteiger partial charge in [0.2, 0.25) is 0 Å². The van der Waals surface area contributed by atoms with Crippen molar-refractivity contribution in [3.8, 4) is 0 Å². The Bertz CT molecular complexity index is 582. The fourth-order valence-corrected chi connectivity index (χ4v) is 2.76. The van der Waals surface area contributed by atoms with Crippen LogP contribution in [-0.4, -0.2) is 38.6 Å². The van der Waals surface area contributed by atoms with Crippen molar-refractivity contribution in [3.05, 3.63) is 26.9 Å². The fraction of sp³-hybridized carbons (Fsp3) is 0.667. The molecule has 2 heterocycles. The van der Waals surface area contributed by atoms with Gasteiger partial charge < -0.3 is 14.9 Å². The van der Waals surface area contributed by atoms with E-state index < -0.39 is 17.9 Å². The molecule has 6 nitrogen and oxygen atoms in total. The molecule has 1 aromatic rings. The standard InChI is InChI=1S/C12H18N2O4S/c1-3-12(4-8(16)9(6-15)18-12)14-5-7(2)10(17)13-11(14)19/h5,8-9,15-16H,3-4,6H2,1-2H3,(H,13,17,19)/t8-,9+,12+/m0/s1. The van der Waals surface area contributed by atoms with Crippen LogP contribution >= 0.6 is 12.2 Å². The molecule has 1 saturated heterocycles. The topological polar surface area (TPSA) is 87.5 Å². The Labute approximate surface area is 115 Å². The molecule has 0 radical (unpaired) electrons. The molecule has 0 spiro atoms. The lowest BCUT2D eigenvalue weighted by molar-refractivity contribution is -0.120. The quantitative estimate of drug-likeness (QED) is 0.701. The van der Waals surface area contributed by atoms with Crippen LogP contribution in [0.3, 0.4) is 0 Å². The Balaban J connectivity index is 2.52. The van der Waals surface area contributed by atoms with Gasteiger partial charge in [0.1, 0.15) is 11.8 Å². The molecular weight excluding hydrogens is 268 g/mol. The number of aromatic amines is 1. The molecule has 1 aromatic heterocycles. The first-order chi connectivity index (χ1) is 8.93. The van der Waals surface area contributed by atoms with E-state index in [1.807, 2.05) is 6.92 Å². The number of H-pyrrole nitrogens is 1. The van der Waals surface area contributed by atoms with Crippen LogP contribution in [0.1, 0.15) is 25.3 Å². The van der Waals surface area contributed by atoms with Gasteiger partial charge in [0.15, 0.2) is 4.77 Å². The minimum absolute atomic E-state index is 0.232. The molecule has 7 heteroatoms. The Kier molecular flexibility index (Phi) is 3.91. The van der Waals surface area contributed by atoms with Crippen LogP contribution in [0.2, 0.25) is 0 Å². The summed E-state index contributed by atoms with van der Waals surface area (Å²) in [6, 6.07) is 0. The first-order valence-electron chi connectivity index (χ1n) is 6.23. The van der Waals surface area contributed by atoms with Gasteiger partial charge in [-0.05, 0) is 25.6 Å². The van der Waals surface area contributed by atoms with Crippen LogP contribution in [0.25, 0.3) is 0 Å². The van der Waals surface area contributed by atoms with E-state index in [0.717, 1.165) is 0 Å². The van der Waals surface area contributed by atoms with E-state index in [9.17, 15) is 15.0 Å². The number of rotatable bonds is 3. The third kappa shape index (κ3) is 2.38. The van der Waals surface area contributed by atoms with Gasteiger partial charge in [0, 0.05) is 18.2 Å². The van der Waals surface area contributed by atoms with Gasteiger partial charge in [-0.25, -0.2) is 0 Å². The lowest BCUT2D eigenvalue weighted by Crippen LogP contribution is -2.36. The highest BCUT2D eigenvalue weighted by Gasteiger charge is 2.46. The van der Waals surface area contributed by atoms with Crippen molar-refractivity contribution in [2.45, 2.75) is 44.6 Å². The lowest BCUT2D eigenvalue weighted by atomic mass is 10.0. The zero-order valence-corrected chi connectivity index (χ0v) is 11.7. The maximum Gasteiger partial charge on any atom is 0.254 e. The molecule has 1 fully saturated rings. The number of hydrogen-bond donors (Lipinski definition) is 3. The van der Waals surface area contributed by atoms with Gasteiger partial charge in [-0.2, -0.15) is 0 Å². The van der Waals surface area contributed by atoms with Crippen LogP contribution in [0.15, 0.2) is 11.0 Å². The molecule has 0 bridgehead atoms. The average molecular weight is 286 g/mol. The number of nitrogens with one attached hydrogen (secondary N) is 1. The Morgan fingerprint density at radius 2 is 2.37 bits per heavy atom. The summed E-state index contributed by atoms with van der Waals surface area (Å²) in [6.07, 6.45) is 1.15. The summed E-state index contributed by atoms with van der Waals surface area (Å²) >= 11 is 5.17. The molecule has 0 amide bonds. The Hall–Kier alpha value is -1.02. The van der Waals surface area contributed by atoms with Gasteiger partial charge in [-0.15, -0.1) is 0 Å². The van der Waals surface area contributed by atoms with E-state index in [1.54, 1.807) is 17.7 Å². The molecule has 1 aliphatic heterocycles. The SMILES string of the molecule is CC[C@]1(n2cc(C)c(=O)[nH]c2=S)C[C@H](O)[C@@H](CO)O1. The van der Waals surface area contributed by atoms with E-state index in [4.69, 9.17) is 17.0 Å². The van der Waals surface area contributed by atoms with Gasteiger partial charge in [-0.1, -0.05) is 6.92 Å². The third-order valence-corrected chi connectivity index (χ3v) is 3.92. The van der Waals surface area contributed by atoms with Gasteiger partial charge in [0.25, 0.3) is 5.56 Å². The summed E-state index contributed by atoms with van der Waals surface area (Å²) in [5.41, 5.74) is -0.532. The summed E-state index contributed by atoms with van der Waals surface area (Å²) in [6.45, 7) is 3.34. The molecule has 0 aromatic carbocycles. The summed E-state index contributed by atoms with van der Waals surface area (Å²) < 4.78 is 7.71. The predicted molar refractivity (Wildman–Crippen MR) is 71.5 cm³/mol. The molecule has 0 aliphatic carbocycles. The minimum atomic E-state index is -0.821. The summed E-state index contributed by atoms with van der Waals surface area (Å²) in [5, 5.41) is 19.1. The summed E-state index contributed by atoms with van der Waals surface area (Å²) in [4.78, 5) is 14.1. The molecule has 1 aliphatic rings. The molecule has 2 rings (SSSR count). The van der Waals surface area contributed by atoms with Gasteiger partial charge in [-0.3, -0.25) is 14.3 Å². The zero-order chi connectivity index (χ0) is 14.2. The van der Waals surface area contributed by atoms with Gasteiger partial charge >= 0.3 is 0 Å². The lowest BCUT2D eigenvalue weighted by Gasteiger charge is -2.31. The zero-order valence-electron chi connectivity index (χ0n) is 10.9. The maximum atomic E-state index is 11.5. The van der Waals surface area contributed by atoms with Gasteiger partial charge in [0.05, 0.1) is 12.7 Å². The van der Waals surface area contributed by atoms with E-state index in [1.165, 1.54) is 0 Å². The molecule has 19 heavy (non-hydrogen) atoms. The number of aliphatic hydroxyl groups is 2. The van der Waals surface area contributed by atoms with E-state index in [-0.39, 0.29) is 16.9 Å². The van der Waals surface area contributed by atoms with Crippen molar-refractivity contribution in [2.24, 2.45) is 0 Å². The number of aliphatic hydroxyl groups excluding tert-OH is 2. The highest BCUT2D eigenvalue weighted by molar-refractivity contribution is 7.71. The monoisotopic (exact) mass is 286 g/mol. The van der Waals surface area contributed by atoms with Crippen molar-refractivity contribution in [2.75, 3.05) is 6.61 Å². The number of hydrogen-bond acceptors (Lipinski definition) is 5. The van der Waals surface area contributed by atoms with E-state index in [2.05, 4.69) is 4.98 Å². The molecule has 3 N–H and O–H groups in total. The number of ether oxygens (including phenoxy) is 1. The number of aryl methyl sites for hydroxylation is 1. The summed E-state index contributed by atoms with van der Waals surface area (Å²) in [7, 11) is 0.